The zero-order valence-corrected chi connectivity index (χ0v) is 20.2. The number of hydrogen-bond donors (Lipinski definition) is 2. The van der Waals surface area contributed by atoms with E-state index in [1.807, 2.05) is 43.3 Å². The van der Waals surface area contributed by atoms with Gasteiger partial charge in [-0.1, -0.05) is 48.5 Å². The predicted octanol–water partition coefficient (Wildman–Crippen LogP) is 3.79. The van der Waals surface area contributed by atoms with Crippen LogP contribution in [0.3, 0.4) is 0 Å². The van der Waals surface area contributed by atoms with Gasteiger partial charge in [-0.05, 0) is 48.4 Å². The number of ether oxygens (including phenoxy) is 2. The molecule has 2 amide bonds. The molecule has 0 radical (unpaired) electrons. The number of carbonyl (C=O) groups excluding carboxylic acids is 2. The van der Waals surface area contributed by atoms with Crippen LogP contribution in [-0.2, 0) is 19.1 Å². The molecule has 4 rings (SSSR count). The van der Waals surface area contributed by atoms with E-state index in [-0.39, 0.29) is 31.3 Å². The molecule has 2 unspecified atom stereocenters. The molecule has 2 aliphatic rings. The van der Waals surface area contributed by atoms with Gasteiger partial charge in [-0.2, -0.15) is 0 Å². The number of piperidine rings is 1. The maximum atomic E-state index is 13.2. The maximum Gasteiger partial charge on any atom is 0.407 e. The van der Waals surface area contributed by atoms with Crippen molar-refractivity contribution in [2.24, 2.45) is 0 Å². The van der Waals surface area contributed by atoms with Crippen LogP contribution >= 0.6 is 0 Å². The number of benzene rings is 2. The summed E-state index contributed by atoms with van der Waals surface area (Å²) in [7, 11) is 1.62. The number of fused-ring (bicyclic) bond motifs is 3. The molecule has 2 aromatic carbocycles. The minimum absolute atomic E-state index is 0.0153. The Kier molecular flexibility index (Phi) is 7.40. The molecule has 0 aromatic heterocycles. The van der Waals surface area contributed by atoms with Crippen LogP contribution in [0.15, 0.2) is 48.5 Å². The number of hydrogen-bond acceptors (Lipinski definition) is 5. The van der Waals surface area contributed by atoms with Crippen LogP contribution in [0.25, 0.3) is 11.1 Å². The zero-order chi connectivity index (χ0) is 25.0. The number of carboxylic acids is 1. The van der Waals surface area contributed by atoms with Crippen LogP contribution < -0.4 is 5.32 Å². The Morgan fingerprint density at radius 2 is 1.74 bits per heavy atom. The molecule has 1 aliphatic heterocycles. The summed E-state index contributed by atoms with van der Waals surface area (Å²) in [4.78, 5) is 38.8. The highest BCUT2D eigenvalue weighted by atomic mass is 16.5. The van der Waals surface area contributed by atoms with E-state index in [1.165, 1.54) is 0 Å². The summed E-state index contributed by atoms with van der Waals surface area (Å²) in [5, 5.41) is 11.8. The summed E-state index contributed by atoms with van der Waals surface area (Å²) in [6, 6.07) is 15.1. The second-order valence-corrected chi connectivity index (χ2v) is 9.47. The summed E-state index contributed by atoms with van der Waals surface area (Å²) in [6.07, 6.45) is 0.607. The van der Waals surface area contributed by atoms with Crippen LogP contribution in [0, 0.1) is 0 Å². The minimum Gasteiger partial charge on any atom is -0.481 e. The number of alkyl carbamates (subject to hydrolysis) is 1. The molecule has 2 aromatic rings. The molecule has 186 valence electrons. The molecule has 0 spiro atoms. The Morgan fingerprint density at radius 1 is 1.11 bits per heavy atom. The second-order valence-electron chi connectivity index (χ2n) is 9.47. The number of nitrogens with zero attached hydrogens (tertiary/aromatic N) is 1. The normalized spacial score (nSPS) is 20.0. The van der Waals surface area contributed by atoms with Gasteiger partial charge in [0.05, 0.1) is 5.60 Å². The van der Waals surface area contributed by atoms with Crippen molar-refractivity contribution in [1.29, 1.82) is 0 Å². The lowest BCUT2D eigenvalue weighted by atomic mass is 9.94. The Morgan fingerprint density at radius 3 is 2.34 bits per heavy atom. The van der Waals surface area contributed by atoms with E-state index >= 15 is 0 Å². The van der Waals surface area contributed by atoms with Gasteiger partial charge in [-0.3, -0.25) is 9.59 Å². The summed E-state index contributed by atoms with van der Waals surface area (Å²) in [6.45, 7) is 2.98. The van der Waals surface area contributed by atoms with Gasteiger partial charge in [0, 0.05) is 32.5 Å². The minimum atomic E-state index is -1.03. The van der Waals surface area contributed by atoms with E-state index in [9.17, 15) is 14.4 Å². The van der Waals surface area contributed by atoms with Crippen LogP contribution in [0.5, 0.6) is 0 Å². The Balaban J connectivity index is 1.43. The molecule has 1 aliphatic carbocycles. The average Bonchev–Trinajstić information content (AvgIpc) is 3.18. The van der Waals surface area contributed by atoms with E-state index in [0.29, 0.717) is 13.1 Å². The van der Waals surface area contributed by atoms with Gasteiger partial charge in [-0.25, -0.2) is 4.79 Å². The molecule has 1 fully saturated rings. The number of carboxylic acid groups (broad SMARTS) is 1. The van der Waals surface area contributed by atoms with Crippen molar-refractivity contribution < 1.29 is 29.0 Å². The van der Waals surface area contributed by atoms with Gasteiger partial charge in [-0.15, -0.1) is 0 Å². The Labute approximate surface area is 205 Å². The van der Waals surface area contributed by atoms with E-state index < -0.39 is 23.7 Å². The van der Waals surface area contributed by atoms with Crippen molar-refractivity contribution in [2.75, 3.05) is 26.8 Å². The molecule has 0 saturated carbocycles. The van der Waals surface area contributed by atoms with Crippen LogP contribution in [0.2, 0.25) is 0 Å². The zero-order valence-electron chi connectivity index (χ0n) is 20.2. The molecule has 8 heteroatoms. The average molecular weight is 481 g/mol. The third kappa shape index (κ3) is 5.48. The highest BCUT2D eigenvalue weighted by Gasteiger charge is 2.36. The van der Waals surface area contributed by atoms with Gasteiger partial charge >= 0.3 is 12.1 Å². The fraction of sp³-hybridized carbons (Fsp3) is 0.444. The van der Waals surface area contributed by atoms with E-state index in [2.05, 4.69) is 17.4 Å². The lowest BCUT2D eigenvalue weighted by molar-refractivity contribution is -0.142. The largest absolute Gasteiger partial charge is 0.481 e. The predicted molar refractivity (Wildman–Crippen MR) is 130 cm³/mol. The summed E-state index contributed by atoms with van der Waals surface area (Å²) in [5.41, 5.74) is 3.96. The highest BCUT2D eigenvalue weighted by Crippen LogP contribution is 2.44. The summed E-state index contributed by atoms with van der Waals surface area (Å²) < 4.78 is 11.2. The lowest BCUT2D eigenvalue weighted by Gasteiger charge is -2.40. The monoisotopic (exact) mass is 480 g/mol. The molecule has 35 heavy (non-hydrogen) atoms. The first-order valence-electron chi connectivity index (χ1n) is 12.0. The van der Waals surface area contributed by atoms with Gasteiger partial charge < -0.3 is 24.8 Å². The quantitative estimate of drug-likeness (QED) is 0.596. The molecule has 8 nitrogen and oxygen atoms in total. The number of methoxy groups -OCH3 is 1. The van der Waals surface area contributed by atoms with Gasteiger partial charge in [0.25, 0.3) is 0 Å². The fourth-order valence-electron chi connectivity index (χ4n) is 5.09. The molecule has 1 heterocycles. The third-order valence-electron chi connectivity index (χ3n) is 7.04. The van der Waals surface area contributed by atoms with Gasteiger partial charge in [0.1, 0.15) is 12.6 Å². The van der Waals surface area contributed by atoms with Crippen molar-refractivity contribution in [3.8, 4) is 11.1 Å². The number of rotatable bonds is 8. The van der Waals surface area contributed by atoms with Crippen LogP contribution in [0.4, 0.5) is 4.79 Å². The topological polar surface area (TPSA) is 105 Å². The third-order valence-corrected chi connectivity index (χ3v) is 7.04. The molecule has 2 N–H and O–H groups in total. The standard InChI is InChI=1S/C27H32N2O6/c1-27(34-2)14-7-15-29(17-27)25(32)23(12-13-24(30)31)28-26(33)35-16-22-20-10-5-3-8-18(20)19-9-4-6-11-21(19)22/h3-6,8-11,22-23H,7,12-17H2,1-2H3,(H,28,33)(H,30,31). The van der Waals surface area contributed by atoms with E-state index in [4.69, 9.17) is 14.6 Å². The van der Waals surface area contributed by atoms with Gasteiger partial charge in [0.15, 0.2) is 0 Å². The van der Waals surface area contributed by atoms with E-state index in [1.54, 1.807) is 12.0 Å². The van der Waals surface area contributed by atoms with Crippen molar-refractivity contribution in [3.05, 3.63) is 59.7 Å². The van der Waals surface area contributed by atoms with Crippen molar-refractivity contribution in [2.45, 2.75) is 50.2 Å². The van der Waals surface area contributed by atoms with E-state index in [0.717, 1.165) is 35.1 Å². The molecular formula is C27H32N2O6. The summed E-state index contributed by atoms with van der Waals surface area (Å²) >= 11 is 0. The smallest absolute Gasteiger partial charge is 0.407 e. The first-order chi connectivity index (χ1) is 16.8. The second kappa shape index (κ2) is 10.5. The number of amides is 2. The molecule has 2 atom stereocenters. The Bertz CT molecular complexity index is 1060. The van der Waals surface area contributed by atoms with Crippen molar-refractivity contribution >= 4 is 18.0 Å². The first kappa shape index (κ1) is 24.7. The number of aliphatic carboxylic acids is 1. The number of nitrogens with one attached hydrogen (secondary N) is 1. The maximum absolute atomic E-state index is 13.2. The molecular weight excluding hydrogens is 448 g/mol. The highest BCUT2D eigenvalue weighted by molar-refractivity contribution is 5.86. The SMILES string of the molecule is COC1(C)CCCN(C(=O)C(CCC(=O)O)NC(=O)OCC2c3ccccc3-c3ccccc32)C1. The number of carbonyl (C=O) groups is 3. The first-order valence-corrected chi connectivity index (χ1v) is 12.0. The van der Waals surface area contributed by atoms with Crippen LogP contribution in [0.1, 0.15) is 49.7 Å². The Hall–Kier alpha value is -3.39. The van der Waals surface area contributed by atoms with Crippen molar-refractivity contribution in [1.82, 2.24) is 10.2 Å². The lowest BCUT2D eigenvalue weighted by Crippen LogP contribution is -2.55. The molecule has 1 saturated heterocycles. The summed E-state index contributed by atoms with van der Waals surface area (Å²) in [5.74, 6) is -1.45. The molecule has 0 bridgehead atoms. The van der Waals surface area contributed by atoms with Gasteiger partial charge in [0.2, 0.25) is 5.91 Å². The van der Waals surface area contributed by atoms with Crippen molar-refractivity contribution in [3.63, 3.8) is 0 Å². The fourth-order valence-corrected chi connectivity index (χ4v) is 5.09. The van der Waals surface area contributed by atoms with Crippen LogP contribution in [-0.4, -0.2) is 66.4 Å². The number of likely N-dealkylation sites (tertiary alicyclic amines) is 1.